The maximum absolute atomic E-state index is 14.2. The number of carboxylic acids is 1. The fourth-order valence-electron chi connectivity index (χ4n) is 3.38. The van der Waals surface area contributed by atoms with E-state index in [2.05, 4.69) is 0 Å². The highest BCUT2D eigenvalue weighted by molar-refractivity contribution is 5.66. The number of rotatable bonds is 12. The van der Waals surface area contributed by atoms with Gasteiger partial charge in [-0.15, -0.1) is 0 Å². The lowest BCUT2D eigenvalue weighted by atomic mass is 9.90. The molecule has 0 unspecified atom stereocenters. The van der Waals surface area contributed by atoms with Crippen LogP contribution < -0.4 is 0 Å². The fourth-order valence-corrected chi connectivity index (χ4v) is 3.38. The number of hydrogen-bond acceptors (Lipinski definition) is 4. The van der Waals surface area contributed by atoms with E-state index in [9.17, 15) is 24.5 Å². The Hall–Kier alpha value is -1.24. The predicted octanol–water partition coefficient (Wildman–Crippen LogP) is 2.99. The number of unbranched alkanes of at least 4 members (excludes halogenated alkanes) is 1. The summed E-state index contributed by atoms with van der Waals surface area (Å²) < 4.78 is 14.2. The van der Waals surface area contributed by atoms with Gasteiger partial charge in [-0.3, -0.25) is 4.79 Å². The molecule has 1 aliphatic carbocycles. The van der Waals surface area contributed by atoms with Crippen LogP contribution in [0.3, 0.4) is 0 Å². The van der Waals surface area contributed by atoms with E-state index >= 15 is 0 Å². The van der Waals surface area contributed by atoms with Gasteiger partial charge in [-0.25, -0.2) is 4.39 Å². The molecule has 0 aromatic rings. The Labute approximate surface area is 155 Å². The summed E-state index contributed by atoms with van der Waals surface area (Å²) in [4.78, 5) is 10.4. The van der Waals surface area contributed by atoms with E-state index in [0.717, 1.165) is 0 Å². The lowest BCUT2D eigenvalue weighted by molar-refractivity contribution is -0.137. The summed E-state index contributed by atoms with van der Waals surface area (Å²) in [6, 6.07) is 0. The van der Waals surface area contributed by atoms with Gasteiger partial charge in [-0.05, 0) is 45.4 Å². The van der Waals surface area contributed by atoms with Crippen LogP contribution in [-0.2, 0) is 4.79 Å². The molecule has 0 aliphatic heterocycles. The van der Waals surface area contributed by atoms with Crippen LogP contribution >= 0.6 is 0 Å². The van der Waals surface area contributed by atoms with Crippen molar-refractivity contribution in [2.45, 2.75) is 82.8 Å². The Morgan fingerprint density at radius 1 is 1.23 bits per heavy atom. The van der Waals surface area contributed by atoms with Crippen LogP contribution in [0, 0.1) is 11.8 Å². The summed E-state index contributed by atoms with van der Waals surface area (Å²) in [5, 5.41) is 37.9. The molecule has 0 aromatic carbocycles. The first-order chi connectivity index (χ1) is 12.3. The monoisotopic (exact) mass is 372 g/mol. The molecule has 150 valence electrons. The van der Waals surface area contributed by atoms with Crippen molar-refractivity contribution in [2.75, 3.05) is 0 Å². The number of aliphatic carboxylic acids is 1. The molecular formula is C20H33FO5. The summed E-state index contributed by atoms with van der Waals surface area (Å²) in [5.74, 6) is -1.49. The molecule has 26 heavy (non-hydrogen) atoms. The average Bonchev–Trinajstić information content (AvgIpc) is 2.81. The topological polar surface area (TPSA) is 98.0 Å². The lowest BCUT2D eigenvalue weighted by Gasteiger charge is -2.19. The largest absolute Gasteiger partial charge is 0.481 e. The minimum absolute atomic E-state index is 0.102. The SMILES string of the molecule is C[C@@H](O)CCC[C@H](O)C=C[C@@H]1[C@@H](CC=CCCCC(=O)O)[C@H](F)C[C@H]1O. The summed E-state index contributed by atoms with van der Waals surface area (Å²) in [5.41, 5.74) is 0. The molecule has 1 aliphatic rings. The third-order valence-corrected chi connectivity index (χ3v) is 4.88. The Kier molecular flexibility index (Phi) is 10.7. The summed E-state index contributed by atoms with van der Waals surface area (Å²) >= 11 is 0. The van der Waals surface area contributed by atoms with Gasteiger partial charge < -0.3 is 20.4 Å². The highest BCUT2D eigenvalue weighted by atomic mass is 19.1. The molecule has 4 N–H and O–H groups in total. The van der Waals surface area contributed by atoms with E-state index in [4.69, 9.17) is 5.11 Å². The highest BCUT2D eigenvalue weighted by Gasteiger charge is 2.40. The molecule has 0 bridgehead atoms. The molecule has 6 heteroatoms. The number of aliphatic hydroxyl groups is 3. The van der Waals surface area contributed by atoms with Crippen molar-refractivity contribution in [1.82, 2.24) is 0 Å². The van der Waals surface area contributed by atoms with Gasteiger partial charge >= 0.3 is 5.97 Å². The maximum Gasteiger partial charge on any atom is 0.303 e. The summed E-state index contributed by atoms with van der Waals surface area (Å²) in [6.07, 6.45) is 7.93. The van der Waals surface area contributed by atoms with Gasteiger partial charge in [0.2, 0.25) is 0 Å². The highest BCUT2D eigenvalue weighted by Crippen LogP contribution is 2.38. The summed E-state index contributed by atoms with van der Waals surface area (Å²) in [7, 11) is 0. The smallest absolute Gasteiger partial charge is 0.303 e. The van der Waals surface area contributed by atoms with Crippen molar-refractivity contribution in [1.29, 1.82) is 0 Å². The number of hydrogen-bond donors (Lipinski definition) is 4. The lowest BCUT2D eigenvalue weighted by Crippen LogP contribution is -2.19. The van der Waals surface area contributed by atoms with E-state index < -0.39 is 24.3 Å². The van der Waals surface area contributed by atoms with Gasteiger partial charge in [0.25, 0.3) is 0 Å². The van der Waals surface area contributed by atoms with Crippen molar-refractivity contribution in [3.05, 3.63) is 24.3 Å². The molecule has 1 rings (SSSR count). The Balaban J connectivity index is 2.46. The maximum atomic E-state index is 14.2. The number of carbonyl (C=O) groups is 1. The molecule has 0 heterocycles. The van der Waals surface area contributed by atoms with Crippen LogP contribution in [0.2, 0.25) is 0 Å². The Morgan fingerprint density at radius 3 is 2.62 bits per heavy atom. The molecule has 5 nitrogen and oxygen atoms in total. The molecular weight excluding hydrogens is 339 g/mol. The van der Waals surface area contributed by atoms with Crippen LogP contribution in [0.5, 0.6) is 0 Å². The summed E-state index contributed by atoms with van der Waals surface area (Å²) in [6.45, 7) is 1.71. The van der Waals surface area contributed by atoms with Crippen molar-refractivity contribution in [2.24, 2.45) is 11.8 Å². The third-order valence-electron chi connectivity index (χ3n) is 4.88. The minimum Gasteiger partial charge on any atom is -0.481 e. The van der Waals surface area contributed by atoms with Crippen LogP contribution in [-0.4, -0.2) is 50.9 Å². The first-order valence-corrected chi connectivity index (χ1v) is 9.54. The van der Waals surface area contributed by atoms with Gasteiger partial charge in [0.15, 0.2) is 0 Å². The first-order valence-electron chi connectivity index (χ1n) is 9.54. The number of carboxylic acid groups (broad SMARTS) is 1. The molecule has 0 spiro atoms. The van der Waals surface area contributed by atoms with Crippen molar-refractivity contribution in [3.63, 3.8) is 0 Å². The molecule has 0 aromatic heterocycles. The molecule has 1 fully saturated rings. The normalized spacial score (nSPS) is 28.8. The van der Waals surface area contributed by atoms with E-state index in [1.54, 1.807) is 19.1 Å². The van der Waals surface area contributed by atoms with Crippen LogP contribution in [0.25, 0.3) is 0 Å². The zero-order valence-electron chi connectivity index (χ0n) is 15.5. The minimum atomic E-state index is -1.09. The standard InChI is InChI=1S/C20H33FO5/c1-14(22)7-6-8-15(23)11-12-17-16(18(21)13-19(17)24)9-4-2-3-5-10-20(25)26/h2,4,11-12,14-19,22-24H,3,5-10,13H2,1H3,(H,25,26)/t14-,15+,16-,17-,18-,19-/m1/s1. The molecule has 0 saturated heterocycles. The molecule has 1 saturated carbocycles. The Morgan fingerprint density at radius 2 is 1.96 bits per heavy atom. The van der Waals surface area contributed by atoms with E-state index in [0.29, 0.717) is 38.5 Å². The van der Waals surface area contributed by atoms with E-state index in [-0.39, 0.29) is 30.8 Å². The molecule has 0 radical (unpaired) electrons. The van der Waals surface area contributed by atoms with Gasteiger partial charge in [0, 0.05) is 24.7 Å². The van der Waals surface area contributed by atoms with E-state index in [1.807, 2.05) is 12.2 Å². The zero-order valence-corrected chi connectivity index (χ0v) is 15.5. The van der Waals surface area contributed by atoms with Crippen molar-refractivity contribution in [3.8, 4) is 0 Å². The van der Waals surface area contributed by atoms with Crippen LogP contribution in [0.15, 0.2) is 24.3 Å². The Bertz CT molecular complexity index is 463. The zero-order chi connectivity index (χ0) is 19.5. The third kappa shape index (κ3) is 8.92. The predicted molar refractivity (Wildman–Crippen MR) is 98.4 cm³/mol. The second-order valence-corrected chi connectivity index (χ2v) is 7.29. The van der Waals surface area contributed by atoms with Gasteiger partial charge in [-0.2, -0.15) is 0 Å². The second kappa shape index (κ2) is 12.2. The van der Waals surface area contributed by atoms with E-state index in [1.165, 1.54) is 0 Å². The number of halogens is 1. The molecule has 0 amide bonds. The second-order valence-electron chi connectivity index (χ2n) is 7.29. The van der Waals surface area contributed by atoms with Crippen molar-refractivity contribution >= 4 is 5.97 Å². The van der Waals surface area contributed by atoms with Crippen molar-refractivity contribution < 1.29 is 29.6 Å². The fraction of sp³-hybridized carbons (Fsp3) is 0.750. The average molecular weight is 372 g/mol. The molecule has 6 atom stereocenters. The first kappa shape index (κ1) is 22.8. The number of allylic oxidation sites excluding steroid dienone is 2. The van der Waals surface area contributed by atoms with Gasteiger partial charge in [0.05, 0.1) is 18.3 Å². The quantitative estimate of drug-likeness (QED) is 0.312. The van der Waals surface area contributed by atoms with Gasteiger partial charge in [-0.1, -0.05) is 24.3 Å². The van der Waals surface area contributed by atoms with Crippen LogP contribution in [0.1, 0.15) is 58.3 Å². The van der Waals surface area contributed by atoms with Gasteiger partial charge in [0.1, 0.15) is 6.17 Å². The number of alkyl halides is 1. The number of aliphatic hydroxyl groups excluding tert-OH is 3. The van der Waals surface area contributed by atoms with Crippen LogP contribution in [0.4, 0.5) is 4.39 Å².